The average molecular weight is 574 g/mol. The molecular weight excluding hydrogens is 542 g/mol. The summed E-state index contributed by atoms with van der Waals surface area (Å²) in [5, 5.41) is 1.23. The van der Waals surface area contributed by atoms with Gasteiger partial charge in [-0.3, -0.25) is 0 Å². The van der Waals surface area contributed by atoms with Gasteiger partial charge in [-0.2, -0.15) is 0 Å². The maximum atomic E-state index is 2.44. The molecule has 1 heteroatoms. The van der Waals surface area contributed by atoms with E-state index < -0.39 is 0 Å². The van der Waals surface area contributed by atoms with Crippen molar-refractivity contribution in [1.82, 2.24) is 4.57 Å². The molecule has 45 heavy (non-hydrogen) atoms. The molecule has 0 aliphatic heterocycles. The smallest absolute Gasteiger partial charge is 0.0619 e. The zero-order chi connectivity index (χ0) is 30.0. The topological polar surface area (TPSA) is 4.93 Å². The Morgan fingerprint density at radius 1 is 0.289 bits per heavy atom. The van der Waals surface area contributed by atoms with E-state index >= 15 is 0 Å². The normalized spacial score (nSPS) is 11.1. The fraction of sp³-hybridized carbons (Fsp3) is 0. The van der Waals surface area contributed by atoms with Crippen LogP contribution in [0, 0.1) is 0 Å². The maximum absolute atomic E-state index is 2.44. The fourth-order valence-electron chi connectivity index (χ4n) is 6.42. The molecule has 1 nitrogen and oxygen atoms in total. The Labute approximate surface area is 264 Å². The number of hydrogen-bond acceptors (Lipinski definition) is 0. The molecule has 0 atom stereocenters. The van der Waals surface area contributed by atoms with Gasteiger partial charge >= 0.3 is 0 Å². The molecule has 0 saturated heterocycles. The van der Waals surface area contributed by atoms with E-state index in [4.69, 9.17) is 0 Å². The molecule has 8 rings (SSSR count). The van der Waals surface area contributed by atoms with Crippen LogP contribution >= 0.6 is 0 Å². The first-order valence-electron chi connectivity index (χ1n) is 15.4. The van der Waals surface area contributed by atoms with Gasteiger partial charge in [0.1, 0.15) is 0 Å². The van der Waals surface area contributed by atoms with Gasteiger partial charge in [-0.15, -0.1) is 0 Å². The van der Waals surface area contributed by atoms with Crippen LogP contribution in [0.3, 0.4) is 0 Å². The lowest BCUT2D eigenvalue weighted by atomic mass is 9.95. The van der Waals surface area contributed by atoms with E-state index in [1.54, 1.807) is 0 Å². The van der Waals surface area contributed by atoms with Crippen LogP contribution in [0.4, 0.5) is 0 Å². The molecule has 1 aromatic heterocycles. The van der Waals surface area contributed by atoms with Crippen LogP contribution in [0.25, 0.3) is 72.4 Å². The molecule has 0 aliphatic rings. The van der Waals surface area contributed by atoms with E-state index in [0.29, 0.717) is 0 Å². The third-order valence-corrected chi connectivity index (χ3v) is 8.63. The number of fused-ring (bicyclic) bond motifs is 1. The van der Waals surface area contributed by atoms with Crippen molar-refractivity contribution in [3.63, 3.8) is 0 Å². The fourth-order valence-corrected chi connectivity index (χ4v) is 6.42. The molecular formula is C44H31N. The summed E-state index contributed by atoms with van der Waals surface area (Å²) in [4.78, 5) is 0. The van der Waals surface area contributed by atoms with E-state index in [9.17, 15) is 0 Å². The molecule has 0 spiro atoms. The SMILES string of the molecule is c1ccc(-c2ccc(-c3c(-c4ccccc4)c4cc(-c5ccccc5)ccc4n3-c3ccc(-c4ccccc4)cc3)cc2)cc1. The number of benzene rings is 7. The lowest BCUT2D eigenvalue weighted by Gasteiger charge is -2.15. The van der Waals surface area contributed by atoms with Gasteiger partial charge in [-0.05, 0) is 68.8 Å². The van der Waals surface area contributed by atoms with Gasteiger partial charge in [-0.25, -0.2) is 0 Å². The Hall–Kier alpha value is -5.92. The summed E-state index contributed by atoms with van der Waals surface area (Å²) in [6.07, 6.45) is 0. The van der Waals surface area contributed by atoms with Crippen molar-refractivity contribution in [2.75, 3.05) is 0 Å². The maximum Gasteiger partial charge on any atom is 0.0619 e. The molecule has 1 heterocycles. The highest BCUT2D eigenvalue weighted by Crippen LogP contribution is 2.44. The lowest BCUT2D eigenvalue weighted by molar-refractivity contribution is 1.14. The zero-order valence-corrected chi connectivity index (χ0v) is 24.8. The molecule has 0 N–H and O–H groups in total. The molecule has 0 radical (unpaired) electrons. The molecule has 0 bridgehead atoms. The summed E-state index contributed by atoms with van der Waals surface area (Å²) in [6.45, 7) is 0. The summed E-state index contributed by atoms with van der Waals surface area (Å²) in [5.74, 6) is 0. The van der Waals surface area contributed by atoms with Crippen molar-refractivity contribution in [2.45, 2.75) is 0 Å². The lowest BCUT2D eigenvalue weighted by Crippen LogP contribution is -1.98. The van der Waals surface area contributed by atoms with Crippen molar-refractivity contribution >= 4 is 10.9 Å². The van der Waals surface area contributed by atoms with E-state index in [1.807, 2.05) is 0 Å². The summed E-state index contributed by atoms with van der Waals surface area (Å²) in [7, 11) is 0. The molecule has 212 valence electrons. The van der Waals surface area contributed by atoms with Gasteiger partial charge < -0.3 is 4.57 Å². The third kappa shape index (κ3) is 5.05. The van der Waals surface area contributed by atoms with E-state index in [-0.39, 0.29) is 0 Å². The van der Waals surface area contributed by atoms with Crippen LogP contribution in [0.15, 0.2) is 188 Å². The van der Waals surface area contributed by atoms with Crippen LogP contribution in [-0.4, -0.2) is 4.57 Å². The summed E-state index contributed by atoms with van der Waals surface area (Å²) >= 11 is 0. The van der Waals surface area contributed by atoms with Crippen molar-refractivity contribution in [1.29, 1.82) is 0 Å². The Kier molecular flexibility index (Phi) is 6.90. The predicted octanol–water partition coefficient (Wildman–Crippen LogP) is 12.0. The minimum absolute atomic E-state index is 1.14. The van der Waals surface area contributed by atoms with Crippen LogP contribution in [0.2, 0.25) is 0 Å². The largest absolute Gasteiger partial charge is 0.309 e. The summed E-state index contributed by atoms with van der Waals surface area (Å²) in [6, 6.07) is 67.6. The number of aromatic nitrogens is 1. The zero-order valence-electron chi connectivity index (χ0n) is 24.8. The highest BCUT2D eigenvalue weighted by molar-refractivity contribution is 6.07. The summed E-state index contributed by atoms with van der Waals surface area (Å²) in [5.41, 5.74) is 14.4. The van der Waals surface area contributed by atoms with Gasteiger partial charge in [0, 0.05) is 16.6 Å². The average Bonchev–Trinajstić information content (AvgIpc) is 3.48. The molecule has 0 aliphatic carbocycles. The van der Waals surface area contributed by atoms with Crippen LogP contribution in [0.1, 0.15) is 0 Å². The van der Waals surface area contributed by atoms with E-state index in [0.717, 1.165) is 5.69 Å². The number of nitrogens with zero attached hydrogens (tertiary/aromatic N) is 1. The molecule has 0 unspecified atom stereocenters. The third-order valence-electron chi connectivity index (χ3n) is 8.63. The molecule has 8 aromatic rings. The second kappa shape index (κ2) is 11.6. The van der Waals surface area contributed by atoms with Gasteiger partial charge in [-0.1, -0.05) is 164 Å². The second-order valence-corrected chi connectivity index (χ2v) is 11.4. The first-order valence-corrected chi connectivity index (χ1v) is 15.4. The molecule has 0 saturated carbocycles. The molecule has 0 fully saturated rings. The highest BCUT2D eigenvalue weighted by atomic mass is 15.0. The van der Waals surface area contributed by atoms with Crippen LogP contribution in [0.5, 0.6) is 0 Å². The Bertz CT molecular complexity index is 2190. The predicted molar refractivity (Wildman–Crippen MR) is 190 cm³/mol. The van der Waals surface area contributed by atoms with Crippen molar-refractivity contribution in [2.24, 2.45) is 0 Å². The van der Waals surface area contributed by atoms with Crippen LogP contribution < -0.4 is 0 Å². The Morgan fingerprint density at radius 2 is 0.667 bits per heavy atom. The number of hydrogen-bond donors (Lipinski definition) is 0. The van der Waals surface area contributed by atoms with Gasteiger partial charge in [0.25, 0.3) is 0 Å². The monoisotopic (exact) mass is 573 g/mol. The van der Waals surface area contributed by atoms with Crippen LogP contribution in [-0.2, 0) is 0 Å². The van der Waals surface area contributed by atoms with Crippen molar-refractivity contribution in [3.8, 4) is 61.5 Å². The standard InChI is InChI=1S/C44H31N/c1-5-13-32(14-6-1)35-21-23-38(24-22-35)44-43(37-19-11-4-12-20-37)41-31-39(34-17-9-3-10-18-34)27-30-42(41)45(44)40-28-25-36(26-29-40)33-15-7-2-8-16-33/h1-31H. The van der Waals surface area contributed by atoms with E-state index in [1.165, 1.54) is 66.7 Å². The molecule has 0 amide bonds. The summed E-state index contributed by atoms with van der Waals surface area (Å²) < 4.78 is 2.44. The van der Waals surface area contributed by atoms with Crippen molar-refractivity contribution < 1.29 is 0 Å². The first-order chi connectivity index (χ1) is 22.3. The van der Waals surface area contributed by atoms with Gasteiger partial charge in [0.05, 0.1) is 11.2 Å². The van der Waals surface area contributed by atoms with Crippen molar-refractivity contribution in [3.05, 3.63) is 188 Å². The highest BCUT2D eigenvalue weighted by Gasteiger charge is 2.22. The minimum atomic E-state index is 1.14. The van der Waals surface area contributed by atoms with Gasteiger partial charge in [0.2, 0.25) is 0 Å². The Morgan fingerprint density at radius 3 is 1.18 bits per heavy atom. The minimum Gasteiger partial charge on any atom is -0.309 e. The second-order valence-electron chi connectivity index (χ2n) is 11.4. The number of rotatable bonds is 6. The quantitative estimate of drug-likeness (QED) is 0.186. The Balaban J connectivity index is 1.39. The molecule has 7 aromatic carbocycles. The first kappa shape index (κ1) is 26.7. The van der Waals surface area contributed by atoms with Gasteiger partial charge in [0.15, 0.2) is 0 Å². The van der Waals surface area contributed by atoms with E-state index in [2.05, 4.69) is 193 Å².